The Labute approximate surface area is 148 Å². The summed E-state index contributed by atoms with van der Waals surface area (Å²) in [4.78, 5) is 11.4. The summed E-state index contributed by atoms with van der Waals surface area (Å²) in [5, 5.41) is 0.996. The van der Waals surface area contributed by atoms with Crippen LogP contribution in [0.1, 0.15) is 16.1 Å². The maximum Gasteiger partial charge on any atom is 0.167 e. The summed E-state index contributed by atoms with van der Waals surface area (Å²) in [5.41, 5.74) is 2.71. The highest BCUT2D eigenvalue weighted by atomic mass is 127. The van der Waals surface area contributed by atoms with Gasteiger partial charge in [-0.15, -0.1) is 0 Å². The van der Waals surface area contributed by atoms with Gasteiger partial charge in [0.05, 0.1) is 11.2 Å². The smallest absolute Gasteiger partial charge is 0.167 e. The first kappa shape index (κ1) is 16.0. The number of hydrogen-bond acceptors (Lipinski definition) is 3. The van der Waals surface area contributed by atoms with Gasteiger partial charge in [-0.25, -0.2) is 0 Å². The number of aldehydes is 1. The van der Waals surface area contributed by atoms with Crippen LogP contribution in [0, 0.1) is 3.57 Å². The zero-order valence-corrected chi connectivity index (χ0v) is 14.8. The number of rotatable bonds is 6. The van der Waals surface area contributed by atoms with Crippen LogP contribution in [0.25, 0.3) is 10.9 Å². The lowest BCUT2D eigenvalue weighted by atomic mass is 10.2. The molecule has 0 unspecified atom stereocenters. The van der Waals surface area contributed by atoms with E-state index in [0.717, 1.165) is 32.1 Å². The van der Waals surface area contributed by atoms with E-state index in [0.29, 0.717) is 19.0 Å². The molecule has 0 N–H and O–H groups in total. The Morgan fingerprint density at radius 3 is 2.65 bits per heavy atom. The van der Waals surface area contributed by atoms with Crippen molar-refractivity contribution in [3.63, 3.8) is 0 Å². The number of halogens is 1. The fourth-order valence-corrected chi connectivity index (χ4v) is 3.38. The molecule has 0 atom stereocenters. The average molecular weight is 421 g/mol. The van der Waals surface area contributed by atoms with Crippen molar-refractivity contribution in [2.75, 3.05) is 7.11 Å². The molecule has 0 saturated heterocycles. The first-order valence-electron chi connectivity index (χ1n) is 7.17. The third-order valence-electron chi connectivity index (χ3n) is 3.63. The van der Waals surface area contributed by atoms with Crippen LogP contribution in [0.2, 0.25) is 0 Å². The molecule has 0 aliphatic heterocycles. The van der Waals surface area contributed by atoms with Crippen LogP contribution >= 0.6 is 22.6 Å². The van der Waals surface area contributed by atoms with Crippen molar-refractivity contribution >= 4 is 39.8 Å². The first-order valence-corrected chi connectivity index (χ1v) is 8.25. The molecule has 118 valence electrons. The first-order chi connectivity index (χ1) is 11.2. The van der Waals surface area contributed by atoms with Crippen molar-refractivity contribution in [3.05, 3.63) is 63.4 Å². The van der Waals surface area contributed by atoms with Gasteiger partial charge in [0.15, 0.2) is 6.29 Å². The Balaban J connectivity index is 1.92. The number of carbonyl (C=O) groups excluding carboxylic acids is 1. The van der Waals surface area contributed by atoms with E-state index < -0.39 is 0 Å². The van der Waals surface area contributed by atoms with Crippen LogP contribution in [-0.4, -0.2) is 18.0 Å². The highest BCUT2D eigenvalue weighted by Crippen LogP contribution is 2.30. The third-order valence-corrected chi connectivity index (χ3v) is 4.76. The van der Waals surface area contributed by atoms with Gasteiger partial charge in [-0.3, -0.25) is 4.79 Å². The summed E-state index contributed by atoms with van der Waals surface area (Å²) in [5.74, 6) is 0.784. The quantitative estimate of drug-likeness (QED) is 0.442. The highest BCUT2D eigenvalue weighted by Gasteiger charge is 2.15. The molecular weight excluding hydrogens is 405 g/mol. The van der Waals surface area contributed by atoms with Crippen molar-refractivity contribution in [2.24, 2.45) is 0 Å². The topological polar surface area (TPSA) is 40.5 Å². The van der Waals surface area contributed by atoms with Crippen LogP contribution in [0.4, 0.5) is 0 Å². The number of fused-ring (bicyclic) bond motifs is 1. The second kappa shape index (κ2) is 7.14. The molecule has 0 bridgehead atoms. The zero-order chi connectivity index (χ0) is 16.2. The number of ether oxygens (including phenoxy) is 2. The molecule has 0 aliphatic carbocycles. The number of benzene rings is 2. The molecule has 23 heavy (non-hydrogen) atoms. The van der Waals surface area contributed by atoms with Gasteiger partial charge in [-0.05, 0) is 46.4 Å². The van der Waals surface area contributed by atoms with E-state index in [1.165, 1.54) is 0 Å². The van der Waals surface area contributed by atoms with Crippen molar-refractivity contribution in [1.82, 2.24) is 4.57 Å². The normalized spacial score (nSPS) is 10.9. The fraction of sp³-hybridized carbons (Fsp3) is 0.167. The lowest BCUT2D eigenvalue weighted by molar-refractivity contribution is 0.107. The van der Waals surface area contributed by atoms with Gasteiger partial charge >= 0.3 is 0 Å². The van der Waals surface area contributed by atoms with Crippen molar-refractivity contribution in [3.8, 4) is 5.75 Å². The van der Waals surface area contributed by atoms with E-state index >= 15 is 0 Å². The van der Waals surface area contributed by atoms with E-state index in [9.17, 15) is 4.79 Å². The summed E-state index contributed by atoms with van der Waals surface area (Å²) in [6.45, 7) is 0.861. The van der Waals surface area contributed by atoms with Gasteiger partial charge in [-0.1, -0.05) is 30.3 Å². The average Bonchev–Trinajstić information content (AvgIpc) is 2.86. The SMILES string of the molecule is COCn1c(C=O)c(I)c2cc(OCc3ccccc3)ccc21. The number of carbonyl (C=O) groups is 1. The minimum Gasteiger partial charge on any atom is -0.489 e. The fourth-order valence-electron chi connectivity index (χ4n) is 2.53. The predicted octanol–water partition coefficient (Wildman–Crippen LogP) is 4.24. The number of nitrogens with zero attached hydrogens (tertiary/aromatic N) is 1. The summed E-state index contributed by atoms with van der Waals surface area (Å²) >= 11 is 2.19. The van der Waals surface area contributed by atoms with Crippen molar-refractivity contribution in [1.29, 1.82) is 0 Å². The van der Waals surface area contributed by atoms with E-state index in [1.807, 2.05) is 53.1 Å². The maximum atomic E-state index is 11.4. The Morgan fingerprint density at radius 1 is 1.17 bits per heavy atom. The van der Waals surface area contributed by atoms with Crippen LogP contribution in [0.15, 0.2) is 48.5 Å². The Hall–Kier alpha value is -1.86. The summed E-state index contributed by atoms with van der Waals surface area (Å²) in [7, 11) is 1.62. The zero-order valence-electron chi connectivity index (χ0n) is 12.7. The van der Waals surface area contributed by atoms with Gasteiger partial charge in [-0.2, -0.15) is 0 Å². The van der Waals surface area contributed by atoms with Crippen molar-refractivity contribution < 1.29 is 14.3 Å². The second-order valence-electron chi connectivity index (χ2n) is 5.12. The van der Waals surface area contributed by atoms with Crippen LogP contribution in [0.3, 0.4) is 0 Å². The summed E-state index contributed by atoms with van der Waals surface area (Å²) < 4.78 is 13.8. The second-order valence-corrected chi connectivity index (χ2v) is 6.19. The van der Waals surface area contributed by atoms with E-state index in [-0.39, 0.29) is 0 Å². The van der Waals surface area contributed by atoms with Crippen LogP contribution < -0.4 is 4.74 Å². The molecule has 1 aromatic heterocycles. The van der Waals surface area contributed by atoms with Crippen molar-refractivity contribution in [2.45, 2.75) is 13.3 Å². The van der Waals surface area contributed by atoms with Gasteiger partial charge in [0, 0.05) is 16.1 Å². The number of hydrogen-bond donors (Lipinski definition) is 0. The minimum absolute atomic E-state index is 0.345. The molecular formula is C18H16INO3. The lowest BCUT2D eigenvalue weighted by Crippen LogP contribution is -2.04. The van der Waals surface area contributed by atoms with E-state index in [1.54, 1.807) is 7.11 Å². The molecule has 4 nitrogen and oxygen atoms in total. The number of aromatic nitrogens is 1. The van der Waals surface area contributed by atoms with Gasteiger partial charge < -0.3 is 14.0 Å². The van der Waals surface area contributed by atoms with Gasteiger partial charge in [0.25, 0.3) is 0 Å². The Bertz CT molecular complexity index is 827. The highest BCUT2D eigenvalue weighted by molar-refractivity contribution is 14.1. The largest absolute Gasteiger partial charge is 0.489 e. The molecule has 0 aliphatic rings. The molecule has 0 amide bonds. The summed E-state index contributed by atoms with van der Waals surface area (Å²) in [6.07, 6.45) is 0.866. The summed E-state index contributed by atoms with van der Waals surface area (Å²) in [6, 6.07) is 15.9. The maximum absolute atomic E-state index is 11.4. The predicted molar refractivity (Wildman–Crippen MR) is 97.8 cm³/mol. The standard InChI is InChI=1S/C18H16INO3/c1-22-12-20-16-8-7-14(9-15(16)18(19)17(20)10-21)23-11-13-5-3-2-4-6-13/h2-10H,11-12H2,1H3. The van der Waals surface area contributed by atoms with Gasteiger partial charge in [0.2, 0.25) is 0 Å². The molecule has 3 rings (SSSR count). The molecule has 0 fully saturated rings. The van der Waals surface area contributed by atoms with Gasteiger partial charge in [0.1, 0.15) is 19.1 Å². The molecule has 5 heteroatoms. The third kappa shape index (κ3) is 3.25. The molecule has 0 radical (unpaired) electrons. The molecule has 2 aromatic carbocycles. The van der Waals surface area contributed by atoms with E-state index in [4.69, 9.17) is 9.47 Å². The molecule has 1 heterocycles. The Kier molecular flexibility index (Phi) is 4.97. The Morgan fingerprint density at radius 2 is 1.96 bits per heavy atom. The molecule has 0 saturated carbocycles. The monoisotopic (exact) mass is 421 g/mol. The van der Waals surface area contributed by atoms with Crippen LogP contribution in [0.5, 0.6) is 5.75 Å². The number of methoxy groups -OCH3 is 1. The van der Waals surface area contributed by atoms with Crippen LogP contribution in [-0.2, 0) is 18.1 Å². The molecule has 3 aromatic rings. The minimum atomic E-state index is 0.345. The lowest BCUT2D eigenvalue weighted by Gasteiger charge is -2.08. The van der Waals surface area contributed by atoms with E-state index in [2.05, 4.69) is 22.6 Å². The molecule has 0 spiro atoms.